The van der Waals surface area contributed by atoms with Gasteiger partial charge in [-0.15, -0.1) is 0 Å². The number of aliphatic imine (C=N–C) groups is 1. The van der Waals surface area contributed by atoms with Crippen molar-refractivity contribution in [2.75, 3.05) is 93.4 Å². The van der Waals surface area contributed by atoms with E-state index >= 15 is 0 Å². The number of nitrogens with one attached hydrogen (secondary N) is 10. The number of ketones is 2. The molecule has 3 aliphatic heterocycles. The lowest BCUT2D eigenvalue weighted by molar-refractivity contribution is -0.143. The number of carbonyl (C=O) groups is 6. The minimum atomic E-state index is -4.45. The molecule has 2 unspecified atom stereocenters. The highest BCUT2D eigenvalue weighted by Gasteiger charge is 2.45. The number of aromatic nitrogens is 4. The number of carboxylic acids is 1. The number of alkyl halides is 3. The number of carbonyl (C=O) groups excluding carboxylic acids is 5. The molecule has 4 aromatic carbocycles. The molecule has 1 aliphatic carbocycles. The van der Waals surface area contributed by atoms with E-state index in [-0.39, 0.29) is 75.5 Å². The SMILES string of the molecule is C.C.C.C=C1C(CC(=O)O)Nc2ccc(OCCCNc3ccccn3)cc2CN1CC(F)(F)F.CC(=O)[C@@H](CNC(=O)c1cc(OCCCNC2=NCCN2)no1)NC(=O)Oc1ccccc1.CC(=O)[C@H](NC(=O)C1=NOC2(CCC(CNc3ccccn3)CC2)C1)NS(=O)(=O)c1ccccc1.CCC(C)Cc1ccc(OCCCNc2ccccn2)cc1. The van der Waals surface area contributed by atoms with E-state index < -0.39 is 76.3 Å². The second-order valence-electron chi connectivity index (χ2n) is 29.1. The second kappa shape index (κ2) is 51.9. The van der Waals surface area contributed by atoms with E-state index in [9.17, 15) is 50.4 Å². The summed E-state index contributed by atoms with van der Waals surface area (Å²) in [6.45, 7) is 15.4. The number of rotatable bonds is 38. The number of benzene rings is 4. The summed E-state index contributed by atoms with van der Waals surface area (Å²) in [5.41, 5.74) is 2.23. The van der Waals surface area contributed by atoms with Gasteiger partial charge in [-0.25, -0.2) is 28.2 Å². The monoisotopic (exact) mass is 1750 g/mol. The summed E-state index contributed by atoms with van der Waals surface area (Å²) in [6, 6.07) is 46.3. The van der Waals surface area contributed by atoms with Gasteiger partial charge in [0.2, 0.25) is 15.8 Å². The predicted octanol–water partition coefficient (Wildman–Crippen LogP) is 13.2. The lowest BCUT2D eigenvalue weighted by Crippen LogP contribution is -2.53. The Balaban J connectivity index is 0.000000258. The van der Waals surface area contributed by atoms with Gasteiger partial charge >= 0.3 is 18.2 Å². The molecule has 125 heavy (non-hydrogen) atoms. The van der Waals surface area contributed by atoms with Gasteiger partial charge in [0.1, 0.15) is 58.6 Å². The molecule has 3 amide bonds. The summed E-state index contributed by atoms with van der Waals surface area (Å²) in [4.78, 5) is 95.9. The number of hydrogen-bond donors (Lipinski definition) is 11. The molecule has 7 heterocycles. The molecular formula is C89H118F3N17O15S. The number of anilines is 4. The van der Waals surface area contributed by atoms with Gasteiger partial charge in [0, 0.05) is 82.2 Å². The quantitative estimate of drug-likeness (QED) is 0.0126. The molecular weight excluding hydrogens is 1640 g/mol. The number of fused-ring (bicyclic) bond motifs is 1. The van der Waals surface area contributed by atoms with Gasteiger partial charge in [-0.05, 0) is 184 Å². The van der Waals surface area contributed by atoms with Gasteiger partial charge < -0.3 is 86.2 Å². The highest BCUT2D eigenvalue weighted by atomic mass is 32.2. The van der Waals surface area contributed by atoms with Crippen LogP contribution < -0.4 is 71.5 Å². The fourth-order valence-corrected chi connectivity index (χ4v) is 13.8. The first-order chi connectivity index (χ1) is 58.8. The first-order valence-electron chi connectivity index (χ1n) is 40.2. The average Bonchev–Trinajstić information content (AvgIpc) is 1.68. The summed E-state index contributed by atoms with van der Waals surface area (Å²) in [6.07, 6.45) is 6.53. The van der Waals surface area contributed by atoms with Crippen molar-refractivity contribution in [2.45, 2.75) is 162 Å². The fraction of sp³-hybridized carbons (Fsp3) is 0.416. The number of amides is 3. The van der Waals surface area contributed by atoms with E-state index in [1.807, 2.05) is 54.6 Å². The fourth-order valence-electron chi connectivity index (χ4n) is 12.6. The highest BCUT2D eigenvalue weighted by molar-refractivity contribution is 7.89. The first kappa shape index (κ1) is 101. The van der Waals surface area contributed by atoms with Crippen LogP contribution in [-0.4, -0.2) is 188 Å². The number of nitrogens with zero attached hydrogens (tertiary/aromatic N) is 7. The standard InChI is InChI=1S/C24H29N5O5S.C22H25F3N4O3.C21H26N6O6.C19H26N2O.3CH4/c1-17(30)22(29-35(32,33)19-7-3-2-4-8-19)27-23(31)20-15-24(34-28-20)12-10-18(11-13-24)16-26-21-9-5-6-14-25-21;1-15-19(12-21(30)31)28-18-7-6-17(11-16(18)13-29(15)14-22(23,24)25)32-10-4-9-27-20-5-2-3-8-26-20;1-14(28)16(26-21(30)32-15-6-3-2-4-7-15)13-25-19(29)17-12-18(27-33-17)31-11-5-8-22-20-23-9-10-24-20;1-3-16(2)15-17-8-10-18(11-9-17)22-14-6-13-21-19-7-4-5-12-20-19;;;/h2-9,14,18,22,29H,10-13,15-16H2,1H3,(H,25,26)(H,27,31);2-3,5-8,11,19,28H,1,4,9-10,12-14H2,(H,26,27)(H,30,31);2-4,6-7,12,16H,5,8-11,13H2,1H3,(H,25,29)(H,26,30)(H2,22,23,24);4-5,7-12,16H,3,6,13-15H2,1-2H3,(H,20,21);3*1H4/t18?,22-,24?;;16-;;;;/m1.1..../s1. The molecule has 11 N–H and O–H groups in total. The molecule has 0 radical (unpaired) electrons. The molecule has 1 spiro atoms. The zero-order valence-corrected chi connectivity index (χ0v) is 69.3. The molecule has 12 rings (SSSR count). The molecule has 676 valence electrons. The van der Waals surface area contributed by atoms with E-state index in [4.69, 9.17) is 33.4 Å². The van der Waals surface area contributed by atoms with Crippen molar-refractivity contribution in [2.24, 2.45) is 22.0 Å². The molecule has 4 aromatic heterocycles. The Hall–Kier alpha value is -12.9. The second-order valence-corrected chi connectivity index (χ2v) is 30.9. The van der Waals surface area contributed by atoms with Crippen LogP contribution in [0.2, 0.25) is 0 Å². The Labute approximate surface area is 729 Å². The van der Waals surface area contributed by atoms with Crippen LogP contribution in [-0.2, 0) is 47.0 Å². The summed E-state index contributed by atoms with van der Waals surface area (Å²) < 4.78 is 93.8. The largest absolute Gasteiger partial charge is 0.494 e. The van der Waals surface area contributed by atoms with Gasteiger partial charge in [0.25, 0.3) is 17.7 Å². The summed E-state index contributed by atoms with van der Waals surface area (Å²) in [7, 11) is -4.00. The number of para-hydroxylation sites is 1. The van der Waals surface area contributed by atoms with Crippen LogP contribution in [0.4, 0.5) is 41.1 Å². The summed E-state index contributed by atoms with van der Waals surface area (Å²) >= 11 is 0. The van der Waals surface area contributed by atoms with E-state index in [0.717, 1.165) is 105 Å². The third-order valence-corrected chi connectivity index (χ3v) is 20.9. The van der Waals surface area contributed by atoms with Crippen molar-refractivity contribution in [3.63, 3.8) is 0 Å². The maximum Gasteiger partial charge on any atom is 0.413 e. The molecule has 1 fully saturated rings. The number of guanidine groups is 1. The summed E-state index contributed by atoms with van der Waals surface area (Å²) in [5.74, 6) is 3.14. The van der Waals surface area contributed by atoms with Crippen molar-refractivity contribution in [3.05, 3.63) is 212 Å². The number of ether oxygens (including phenoxy) is 4. The third kappa shape index (κ3) is 35.5. The Bertz CT molecular complexity index is 4810. The lowest BCUT2D eigenvalue weighted by atomic mass is 9.76. The molecule has 0 saturated heterocycles. The number of hydrogen-bond acceptors (Lipinski definition) is 27. The van der Waals surface area contributed by atoms with E-state index in [1.54, 1.807) is 85.3 Å². The highest BCUT2D eigenvalue weighted by Crippen LogP contribution is 2.41. The van der Waals surface area contributed by atoms with Crippen molar-refractivity contribution in [1.29, 1.82) is 0 Å². The van der Waals surface area contributed by atoms with Gasteiger partial charge in [0.15, 0.2) is 23.7 Å². The van der Waals surface area contributed by atoms with Gasteiger partial charge in [0.05, 0.1) is 49.8 Å². The van der Waals surface area contributed by atoms with Crippen LogP contribution in [0, 0.1) is 11.8 Å². The molecule has 0 bridgehead atoms. The molecule has 4 aliphatic rings. The lowest BCUT2D eigenvalue weighted by Gasteiger charge is -2.35. The number of pyridine rings is 3. The Morgan fingerprint density at radius 1 is 0.696 bits per heavy atom. The normalized spacial score (nSPS) is 16.1. The van der Waals surface area contributed by atoms with Crippen LogP contribution in [0.5, 0.6) is 23.1 Å². The molecule has 32 nitrogen and oxygen atoms in total. The van der Waals surface area contributed by atoms with Crippen LogP contribution >= 0.6 is 0 Å². The van der Waals surface area contributed by atoms with Gasteiger partial charge in [-0.3, -0.25) is 29.0 Å². The van der Waals surface area contributed by atoms with Crippen LogP contribution in [0.1, 0.15) is 136 Å². The van der Waals surface area contributed by atoms with Crippen molar-refractivity contribution in [3.8, 4) is 23.1 Å². The van der Waals surface area contributed by atoms with Crippen molar-refractivity contribution >= 4 is 80.3 Å². The summed E-state index contributed by atoms with van der Waals surface area (Å²) in [5, 5.41) is 43.3. The minimum Gasteiger partial charge on any atom is -0.494 e. The van der Waals surface area contributed by atoms with Gasteiger partial charge in [-0.1, -0.05) is 121 Å². The number of Topliss-reactive ketones (excluding diaryl/α,β-unsaturated/α-hetero) is 2. The average molecular weight is 1760 g/mol. The number of halogens is 3. The van der Waals surface area contributed by atoms with Crippen LogP contribution in [0.15, 0.2) is 214 Å². The zero-order valence-electron chi connectivity index (χ0n) is 68.5. The van der Waals surface area contributed by atoms with Gasteiger partial charge in [-0.2, -0.15) is 17.9 Å². The number of aliphatic carboxylic acids is 1. The molecule has 8 aromatic rings. The van der Waals surface area contributed by atoms with E-state index in [1.165, 1.54) is 44.0 Å². The molecule has 4 atom stereocenters. The Morgan fingerprint density at radius 2 is 1.28 bits per heavy atom. The molecule has 1 saturated carbocycles. The predicted molar refractivity (Wildman–Crippen MR) is 474 cm³/mol. The first-order valence-corrected chi connectivity index (χ1v) is 41.7. The van der Waals surface area contributed by atoms with E-state index in [2.05, 4.69) is 128 Å². The van der Waals surface area contributed by atoms with Crippen molar-refractivity contribution in [1.82, 2.24) is 56.3 Å². The zero-order chi connectivity index (χ0) is 87.1. The number of carboxylic acid groups (broad SMARTS) is 1. The topological polar surface area (TPSA) is 416 Å². The smallest absolute Gasteiger partial charge is 0.413 e. The van der Waals surface area contributed by atoms with Crippen LogP contribution in [0.25, 0.3) is 0 Å². The van der Waals surface area contributed by atoms with E-state index in [0.29, 0.717) is 80.8 Å². The maximum absolute atomic E-state index is 13.1. The number of sulfonamides is 1. The minimum absolute atomic E-state index is 0. The third-order valence-electron chi connectivity index (χ3n) is 19.5. The Morgan fingerprint density at radius 3 is 1.85 bits per heavy atom. The Kier molecular flexibility index (Phi) is 41.9. The number of oxime groups is 1. The van der Waals surface area contributed by atoms with Crippen molar-refractivity contribution < 1.29 is 83.8 Å². The van der Waals surface area contributed by atoms with Crippen LogP contribution in [0.3, 0.4) is 0 Å². The molecule has 36 heteroatoms. The maximum atomic E-state index is 13.1.